The predicted molar refractivity (Wildman–Crippen MR) is 141 cm³/mol. The maximum absolute atomic E-state index is 13.2. The first-order chi connectivity index (χ1) is 17.5. The van der Waals surface area contributed by atoms with Crippen molar-refractivity contribution < 1.29 is 27.1 Å². The van der Waals surface area contributed by atoms with E-state index in [9.17, 15) is 22.4 Å². The molecule has 37 heavy (non-hydrogen) atoms. The molecule has 0 spiro atoms. The third-order valence-electron chi connectivity index (χ3n) is 5.55. The van der Waals surface area contributed by atoms with Gasteiger partial charge in [0.1, 0.15) is 17.6 Å². The second-order valence-corrected chi connectivity index (χ2v) is 10.6. The minimum atomic E-state index is -4.06. The molecule has 3 aromatic carbocycles. The molecule has 3 N–H and O–H groups in total. The highest BCUT2D eigenvalue weighted by Gasteiger charge is 2.24. The Morgan fingerprint density at radius 2 is 1.68 bits per heavy atom. The topological polar surface area (TPSA) is 114 Å². The van der Waals surface area contributed by atoms with Crippen molar-refractivity contribution in [3.8, 4) is 5.75 Å². The van der Waals surface area contributed by atoms with Crippen molar-refractivity contribution in [1.82, 2.24) is 5.32 Å². The number of amides is 2. The highest BCUT2D eigenvalue weighted by molar-refractivity contribution is 7.92. The van der Waals surface area contributed by atoms with Gasteiger partial charge in [-0.3, -0.25) is 14.3 Å². The van der Waals surface area contributed by atoms with Gasteiger partial charge in [-0.25, -0.2) is 12.8 Å². The molecular weight excluding hydrogens is 497 g/mol. The smallest absolute Gasteiger partial charge is 0.262 e. The van der Waals surface area contributed by atoms with Crippen LogP contribution >= 0.6 is 0 Å². The summed E-state index contributed by atoms with van der Waals surface area (Å²) in [5.41, 5.74) is 1.64. The van der Waals surface area contributed by atoms with Gasteiger partial charge < -0.3 is 15.4 Å². The average molecular weight is 528 g/mol. The highest BCUT2D eigenvalue weighted by atomic mass is 32.2. The first-order valence-corrected chi connectivity index (χ1v) is 13.1. The molecule has 196 valence electrons. The summed E-state index contributed by atoms with van der Waals surface area (Å²) in [4.78, 5) is 25.9. The van der Waals surface area contributed by atoms with Crippen molar-refractivity contribution in [2.24, 2.45) is 5.92 Å². The van der Waals surface area contributed by atoms with Crippen LogP contribution in [0.1, 0.15) is 36.2 Å². The Hall–Kier alpha value is -3.92. The van der Waals surface area contributed by atoms with Crippen LogP contribution in [0.5, 0.6) is 5.75 Å². The van der Waals surface area contributed by atoms with Crippen LogP contribution in [-0.4, -0.2) is 33.4 Å². The standard InChI is InChI=1S/C27H30FN3O5S/c1-17(2)15-24(30-26(32)22-8-6-5-7-18(22)3)27(33)29-20-11-14-25(36-4)23(16-20)31-37(34,35)21-12-9-19(28)10-13-21/h5-14,16-17,24,31H,15H2,1-4H3,(H,29,33)(H,30,32)/t24-/m1/s1. The summed E-state index contributed by atoms with van der Waals surface area (Å²) in [5.74, 6) is -1.04. The molecule has 0 radical (unpaired) electrons. The summed E-state index contributed by atoms with van der Waals surface area (Å²) in [7, 11) is -2.68. The first-order valence-electron chi connectivity index (χ1n) is 11.6. The van der Waals surface area contributed by atoms with Gasteiger partial charge in [0.05, 0.1) is 17.7 Å². The zero-order valence-corrected chi connectivity index (χ0v) is 21.9. The predicted octanol–water partition coefficient (Wildman–Crippen LogP) is 4.73. The summed E-state index contributed by atoms with van der Waals surface area (Å²) in [6.07, 6.45) is 0.393. The lowest BCUT2D eigenvalue weighted by atomic mass is 10.0. The monoisotopic (exact) mass is 527 g/mol. The fourth-order valence-corrected chi connectivity index (χ4v) is 4.74. The molecule has 1 atom stereocenters. The van der Waals surface area contributed by atoms with Crippen LogP contribution in [0, 0.1) is 18.7 Å². The number of aryl methyl sites for hydroxylation is 1. The van der Waals surface area contributed by atoms with E-state index >= 15 is 0 Å². The molecule has 10 heteroatoms. The van der Waals surface area contributed by atoms with E-state index in [0.717, 1.165) is 29.8 Å². The third-order valence-corrected chi connectivity index (χ3v) is 6.94. The van der Waals surface area contributed by atoms with Gasteiger partial charge in [-0.2, -0.15) is 0 Å². The largest absolute Gasteiger partial charge is 0.495 e. The summed E-state index contributed by atoms with van der Waals surface area (Å²) >= 11 is 0. The third kappa shape index (κ3) is 7.29. The van der Waals surface area contributed by atoms with Gasteiger partial charge in [0.2, 0.25) is 5.91 Å². The van der Waals surface area contributed by atoms with Gasteiger partial charge in [-0.15, -0.1) is 0 Å². The number of carbonyl (C=O) groups is 2. The summed E-state index contributed by atoms with van der Waals surface area (Å²) in [6.45, 7) is 5.70. The molecule has 0 saturated carbocycles. The van der Waals surface area contributed by atoms with Crippen LogP contribution in [0.4, 0.5) is 15.8 Å². The van der Waals surface area contributed by atoms with Crippen molar-refractivity contribution in [3.63, 3.8) is 0 Å². The van der Waals surface area contributed by atoms with Crippen LogP contribution in [-0.2, 0) is 14.8 Å². The Labute approximate surface area is 216 Å². The molecular formula is C27H30FN3O5S. The number of sulfonamides is 1. The molecule has 0 aromatic heterocycles. The molecule has 0 aliphatic heterocycles. The number of halogens is 1. The lowest BCUT2D eigenvalue weighted by Crippen LogP contribution is -2.44. The van der Waals surface area contributed by atoms with E-state index in [4.69, 9.17) is 4.74 Å². The molecule has 0 aliphatic carbocycles. The number of hydrogen-bond acceptors (Lipinski definition) is 5. The molecule has 0 fully saturated rings. The van der Waals surface area contributed by atoms with E-state index in [1.165, 1.54) is 19.2 Å². The number of anilines is 2. The summed E-state index contributed by atoms with van der Waals surface area (Å²) < 4.78 is 46.5. The minimum absolute atomic E-state index is 0.0778. The Bertz CT molecular complexity index is 1380. The molecule has 8 nitrogen and oxygen atoms in total. The quantitative estimate of drug-likeness (QED) is 0.353. The average Bonchev–Trinajstić information content (AvgIpc) is 2.83. The number of ether oxygens (including phenoxy) is 1. The van der Waals surface area contributed by atoms with E-state index in [2.05, 4.69) is 15.4 Å². The van der Waals surface area contributed by atoms with Crippen molar-refractivity contribution >= 4 is 33.2 Å². The molecule has 3 rings (SSSR count). The Morgan fingerprint density at radius 1 is 1.00 bits per heavy atom. The summed E-state index contributed by atoms with van der Waals surface area (Å²) in [6, 6.07) is 15.1. The minimum Gasteiger partial charge on any atom is -0.495 e. The molecule has 2 amide bonds. The first kappa shape index (κ1) is 27.7. The maximum atomic E-state index is 13.2. The molecule has 3 aromatic rings. The van der Waals surface area contributed by atoms with Crippen LogP contribution < -0.4 is 20.1 Å². The zero-order chi connectivity index (χ0) is 27.2. The van der Waals surface area contributed by atoms with E-state index in [-0.39, 0.29) is 28.2 Å². The number of rotatable bonds is 10. The normalized spacial score (nSPS) is 12.1. The molecule has 0 heterocycles. The number of carbonyl (C=O) groups excluding carboxylic acids is 2. The van der Waals surface area contributed by atoms with Crippen LogP contribution in [0.25, 0.3) is 0 Å². The van der Waals surface area contributed by atoms with Gasteiger partial charge in [0, 0.05) is 11.3 Å². The van der Waals surface area contributed by atoms with E-state index in [1.54, 1.807) is 18.2 Å². The van der Waals surface area contributed by atoms with Crippen molar-refractivity contribution in [2.45, 2.75) is 38.1 Å². The number of nitrogens with one attached hydrogen (secondary N) is 3. The van der Waals surface area contributed by atoms with Gasteiger partial charge in [0.25, 0.3) is 15.9 Å². The molecule has 0 aliphatic rings. The Balaban J connectivity index is 1.82. The van der Waals surface area contributed by atoms with E-state index < -0.39 is 27.8 Å². The SMILES string of the molecule is COc1ccc(NC(=O)[C@@H](CC(C)C)NC(=O)c2ccccc2C)cc1NS(=O)(=O)c1ccc(F)cc1. The van der Waals surface area contributed by atoms with Gasteiger partial charge in [-0.1, -0.05) is 32.0 Å². The van der Waals surface area contributed by atoms with Crippen LogP contribution in [0.2, 0.25) is 0 Å². The molecule has 0 unspecified atom stereocenters. The lowest BCUT2D eigenvalue weighted by Gasteiger charge is -2.21. The zero-order valence-electron chi connectivity index (χ0n) is 21.0. The van der Waals surface area contributed by atoms with E-state index in [1.807, 2.05) is 32.9 Å². The second kappa shape index (κ2) is 11.9. The fourth-order valence-electron chi connectivity index (χ4n) is 3.68. The highest BCUT2D eigenvalue weighted by Crippen LogP contribution is 2.30. The van der Waals surface area contributed by atoms with Gasteiger partial charge in [0.15, 0.2) is 0 Å². The molecule has 0 bridgehead atoms. The van der Waals surface area contributed by atoms with Gasteiger partial charge in [-0.05, 0) is 73.4 Å². The summed E-state index contributed by atoms with van der Waals surface area (Å²) in [5, 5.41) is 5.56. The maximum Gasteiger partial charge on any atom is 0.262 e. The Kier molecular flexibility index (Phi) is 8.88. The van der Waals surface area contributed by atoms with Crippen molar-refractivity contribution in [2.75, 3.05) is 17.1 Å². The van der Waals surface area contributed by atoms with Crippen molar-refractivity contribution in [1.29, 1.82) is 0 Å². The Morgan fingerprint density at radius 3 is 2.30 bits per heavy atom. The molecule has 0 saturated heterocycles. The second-order valence-electron chi connectivity index (χ2n) is 8.93. The van der Waals surface area contributed by atoms with Crippen LogP contribution in [0.3, 0.4) is 0 Å². The van der Waals surface area contributed by atoms with Crippen molar-refractivity contribution in [3.05, 3.63) is 83.7 Å². The fraction of sp³-hybridized carbons (Fsp3) is 0.259. The number of benzene rings is 3. The van der Waals surface area contributed by atoms with E-state index in [0.29, 0.717) is 17.7 Å². The lowest BCUT2D eigenvalue weighted by molar-refractivity contribution is -0.118. The number of methoxy groups -OCH3 is 1. The van der Waals surface area contributed by atoms with Gasteiger partial charge >= 0.3 is 0 Å². The number of hydrogen-bond donors (Lipinski definition) is 3. The van der Waals surface area contributed by atoms with Crippen LogP contribution in [0.15, 0.2) is 71.6 Å².